The van der Waals surface area contributed by atoms with Crippen LogP contribution in [0.2, 0.25) is 0 Å². The Morgan fingerprint density at radius 2 is 2.18 bits per heavy atom. The van der Waals surface area contributed by atoms with Crippen molar-refractivity contribution in [3.8, 4) is 0 Å². The summed E-state index contributed by atoms with van der Waals surface area (Å²) in [6.45, 7) is 1.91. The van der Waals surface area contributed by atoms with Crippen LogP contribution < -0.4 is 5.43 Å². The Labute approximate surface area is 132 Å². The number of hydrogen-bond acceptors (Lipinski definition) is 6. The highest BCUT2D eigenvalue weighted by molar-refractivity contribution is 7.19. The van der Waals surface area contributed by atoms with Crippen LogP contribution in [0.5, 0.6) is 0 Å². The second-order valence-electron chi connectivity index (χ2n) is 5.43. The lowest BCUT2D eigenvalue weighted by Gasteiger charge is -2.11. The van der Waals surface area contributed by atoms with Crippen molar-refractivity contribution in [3.05, 3.63) is 40.4 Å². The van der Waals surface area contributed by atoms with Gasteiger partial charge in [0, 0.05) is 4.88 Å². The van der Waals surface area contributed by atoms with E-state index in [-0.39, 0.29) is 0 Å². The molecule has 0 amide bonds. The van der Waals surface area contributed by atoms with Gasteiger partial charge >= 0.3 is 0 Å². The molecule has 6 heteroatoms. The number of hydrogen-bond donors (Lipinski definition) is 1. The third kappa shape index (κ3) is 2.39. The van der Waals surface area contributed by atoms with Gasteiger partial charge in [-0.05, 0) is 50.3 Å². The summed E-state index contributed by atoms with van der Waals surface area (Å²) in [5.74, 6) is 2.38. The minimum absolute atomic E-state index is 0.725. The quantitative estimate of drug-likeness (QED) is 0.588. The normalized spacial score (nSPS) is 14.6. The summed E-state index contributed by atoms with van der Waals surface area (Å²) >= 11 is 1.79. The summed E-state index contributed by atoms with van der Waals surface area (Å²) in [6.07, 6.45) is 8.04. The van der Waals surface area contributed by atoms with E-state index in [1.807, 2.05) is 19.1 Å². The highest BCUT2D eigenvalue weighted by atomic mass is 32.1. The Hall–Kier alpha value is -2.21. The average molecular weight is 312 g/mol. The van der Waals surface area contributed by atoms with E-state index < -0.39 is 0 Å². The molecule has 22 heavy (non-hydrogen) atoms. The first-order chi connectivity index (χ1) is 10.8. The van der Waals surface area contributed by atoms with Gasteiger partial charge in [0.2, 0.25) is 0 Å². The topological polar surface area (TPSA) is 63.3 Å². The van der Waals surface area contributed by atoms with E-state index in [1.165, 1.54) is 23.3 Å². The van der Waals surface area contributed by atoms with Crippen molar-refractivity contribution < 1.29 is 4.42 Å². The molecule has 0 atom stereocenters. The summed E-state index contributed by atoms with van der Waals surface area (Å²) < 4.78 is 5.46. The standard InChI is InChI=1S/C16H16N4OS/c1-10-6-7-11(21-10)8-19-20-15-14-12-4-2-3-5-13(12)22-16(14)18-9-17-15/h6-9H,2-5H2,1H3,(H,17,18,20)/b19-8+. The third-order valence-electron chi connectivity index (χ3n) is 3.87. The Kier molecular flexibility index (Phi) is 3.38. The van der Waals surface area contributed by atoms with Crippen molar-refractivity contribution in [2.45, 2.75) is 32.6 Å². The zero-order valence-corrected chi connectivity index (χ0v) is 13.1. The fourth-order valence-corrected chi connectivity index (χ4v) is 4.08. The van der Waals surface area contributed by atoms with E-state index in [0.717, 1.165) is 40.4 Å². The molecule has 0 radical (unpaired) electrons. The number of aromatic nitrogens is 2. The molecule has 1 N–H and O–H groups in total. The molecule has 5 nitrogen and oxygen atoms in total. The predicted molar refractivity (Wildman–Crippen MR) is 88.7 cm³/mol. The molecule has 0 spiro atoms. The first-order valence-corrected chi connectivity index (χ1v) is 8.23. The van der Waals surface area contributed by atoms with Crippen LogP contribution in [0.3, 0.4) is 0 Å². The van der Waals surface area contributed by atoms with Gasteiger partial charge in [-0.1, -0.05) is 0 Å². The molecule has 0 bridgehead atoms. The summed E-state index contributed by atoms with van der Waals surface area (Å²) in [5, 5.41) is 5.38. The van der Waals surface area contributed by atoms with Crippen LogP contribution >= 0.6 is 11.3 Å². The van der Waals surface area contributed by atoms with E-state index in [0.29, 0.717) is 0 Å². The first kappa shape index (κ1) is 13.5. The molecule has 3 aromatic heterocycles. The van der Waals surface area contributed by atoms with Gasteiger partial charge in [0.1, 0.15) is 22.7 Å². The smallest absolute Gasteiger partial charge is 0.158 e. The summed E-state index contributed by atoms with van der Waals surface area (Å²) in [5.41, 5.74) is 4.45. The van der Waals surface area contributed by atoms with E-state index in [1.54, 1.807) is 23.9 Å². The van der Waals surface area contributed by atoms with Gasteiger partial charge in [0.25, 0.3) is 0 Å². The van der Waals surface area contributed by atoms with Crippen LogP contribution in [-0.4, -0.2) is 16.2 Å². The van der Waals surface area contributed by atoms with Crippen LogP contribution in [-0.2, 0) is 12.8 Å². The number of fused-ring (bicyclic) bond motifs is 3. The summed E-state index contributed by atoms with van der Waals surface area (Å²) in [4.78, 5) is 11.3. The second-order valence-corrected chi connectivity index (χ2v) is 6.52. The largest absolute Gasteiger partial charge is 0.460 e. The number of furan rings is 1. The minimum atomic E-state index is 0.725. The molecule has 1 aliphatic rings. The number of nitrogens with zero attached hydrogens (tertiary/aromatic N) is 3. The number of nitrogens with one attached hydrogen (secondary N) is 1. The third-order valence-corrected chi connectivity index (χ3v) is 5.07. The lowest BCUT2D eigenvalue weighted by Crippen LogP contribution is -2.00. The van der Waals surface area contributed by atoms with E-state index >= 15 is 0 Å². The van der Waals surface area contributed by atoms with Crippen molar-refractivity contribution in [3.63, 3.8) is 0 Å². The maximum atomic E-state index is 5.46. The molecule has 3 aromatic rings. The van der Waals surface area contributed by atoms with Gasteiger partial charge in [-0.15, -0.1) is 11.3 Å². The summed E-state index contributed by atoms with van der Waals surface area (Å²) in [7, 11) is 0. The van der Waals surface area contributed by atoms with Crippen molar-refractivity contribution in [2.24, 2.45) is 5.10 Å². The zero-order valence-electron chi connectivity index (χ0n) is 12.3. The molecule has 112 valence electrons. The zero-order chi connectivity index (χ0) is 14.9. The fourth-order valence-electron chi connectivity index (χ4n) is 2.85. The molecule has 3 heterocycles. The number of thiophene rings is 1. The molecule has 0 saturated heterocycles. The Balaban J connectivity index is 1.66. The van der Waals surface area contributed by atoms with Gasteiger partial charge in [-0.25, -0.2) is 9.97 Å². The molecular formula is C16H16N4OS. The predicted octanol–water partition coefficient (Wildman–Crippen LogP) is 3.92. The van der Waals surface area contributed by atoms with Crippen molar-refractivity contribution in [1.82, 2.24) is 9.97 Å². The molecule has 0 saturated carbocycles. The summed E-state index contributed by atoms with van der Waals surface area (Å²) in [6, 6.07) is 3.81. The van der Waals surface area contributed by atoms with Crippen molar-refractivity contribution >= 4 is 33.6 Å². The van der Waals surface area contributed by atoms with Crippen LogP contribution in [0, 0.1) is 6.92 Å². The maximum absolute atomic E-state index is 5.46. The van der Waals surface area contributed by atoms with Crippen molar-refractivity contribution in [2.75, 3.05) is 5.43 Å². The van der Waals surface area contributed by atoms with Gasteiger partial charge in [-0.2, -0.15) is 5.10 Å². The van der Waals surface area contributed by atoms with Crippen LogP contribution in [0.15, 0.2) is 28.0 Å². The van der Waals surface area contributed by atoms with E-state index in [9.17, 15) is 0 Å². The van der Waals surface area contributed by atoms with Gasteiger partial charge in [0.15, 0.2) is 5.82 Å². The molecule has 0 aromatic carbocycles. The molecule has 0 fully saturated rings. The van der Waals surface area contributed by atoms with E-state index in [2.05, 4.69) is 20.5 Å². The Morgan fingerprint density at radius 1 is 1.27 bits per heavy atom. The number of aryl methyl sites for hydroxylation is 3. The molecule has 0 aliphatic heterocycles. The van der Waals surface area contributed by atoms with Crippen molar-refractivity contribution in [1.29, 1.82) is 0 Å². The lowest BCUT2D eigenvalue weighted by molar-refractivity contribution is 0.528. The maximum Gasteiger partial charge on any atom is 0.158 e. The lowest BCUT2D eigenvalue weighted by atomic mass is 9.97. The van der Waals surface area contributed by atoms with Crippen LogP contribution in [0.4, 0.5) is 5.82 Å². The monoisotopic (exact) mass is 312 g/mol. The minimum Gasteiger partial charge on any atom is -0.460 e. The SMILES string of the molecule is Cc1ccc(/C=N/Nc2ncnc3sc4c(c23)CCCC4)o1. The molecule has 1 aliphatic carbocycles. The average Bonchev–Trinajstić information content (AvgIpc) is 3.11. The van der Waals surface area contributed by atoms with Crippen LogP contribution in [0.25, 0.3) is 10.2 Å². The number of hydrazone groups is 1. The highest BCUT2D eigenvalue weighted by Crippen LogP contribution is 2.38. The molecule has 0 unspecified atom stereocenters. The van der Waals surface area contributed by atoms with Crippen LogP contribution in [0.1, 0.15) is 34.8 Å². The first-order valence-electron chi connectivity index (χ1n) is 7.42. The molecular weight excluding hydrogens is 296 g/mol. The Morgan fingerprint density at radius 3 is 3.05 bits per heavy atom. The van der Waals surface area contributed by atoms with Gasteiger partial charge in [-0.3, -0.25) is 5.43 Å². The number of anilines is 1. The van der Waals surface area contributed by atoms with E-state index in [4.69, 9.17) is 4.42 Å². The second kappa shape index (κ2) is 5.53. The molecule has 4 rings (SSSR count). The van der Waals surface area contributed by atoms with Gasteiger partial charge < -0.3 is 4.42 Å². The Bertz CT molecular complexity index is 849. The highest BCUT2D eigenvalue weighted by Gasteiger charge is 2.19. The number of rotatable bonds is 3. The fraction of sp³-hybridized carbons (Fsp3) is 0.312. The van der Waals surface area contributed by atoms with Gasteiger partial charge in [0.05, 0.1) is 11.6 Å².